The van der Waals surface area contributed by atoms with E-state index >= 15 is 0 Å². The van der Waals surface area contributed by atoms with Crippen molar-refractivity contribution in [2.75, 3.05) is 11.8 Å². The molecule has 0 aliphatic rings. The second-order valence-electron chi connectivity index (χ2n) is 4.44. The summed E-state index contributed by atoms with van der Waals surface area (Å²) in [6, 6.07) is 8.09. The minimum Gasteiger partial charge on any atom is -0.495 e. The van der Waals surface area contributed by atoms with E-state index in [9.17, 15) is 21.6 Å². The smallest absolute Gasteiger partial charge is 0.418 e. The Labute approximate surface area is 135 Å². The third-order valence-corrected chi connectivity index (χ3v) is 4.51. The molecule has 2 aromatic rings. The number of para-hydroxylation sites is 1. The highest BCUT2D eigenvalue weighted by Gasteiger charge is 2.34. The molecule has 23 heavy (non-hydrogen) atoms. The summed E-state index contributed by atoms with van der Waals surface area (Å²) in [6.07, 6.45) is -4.70. The summed E-state index contributed by atoms with van der Waals surface area (Å²) in [7, 11) is -3.08. The van der Waals surface area contributed by atoms with Crippen molar-refractivity contribution >= 4 is 27.3 Å². The van der Waals surface area contributed by atoms with Crippen LogP contribution in [0.2, 0.25) is 5.02 Å². The van der Waals surface area contributed by atoms with Crippen molar-refractivity contribution in [1.82, 2.24) is 0 Å². The number of alkyl halides is 3. The molecule has 0 saturated heterocycles. The Kier molecular flexibility index (Phi) is 4.76. The quantitative estimate of drug-likeness (QED) is 0.884. The number of benzene rings is 2. The van der Waals surface area contributed by atoms with E-state index in [4.69, 9.17) is 16.3 Å². The van der Waals surface area contributed by atoms with Crippen molar-refractivity contribution in [2.24, 2.45) is 0 Å². The third kappa shape index (κ3) is 3.89. The number of ether oxygens (including phenoxy) is 1. The van der Waals surface area contributed by atoms with Crippen molar-refractivity contribution in [2.45, 2.75) is 11.1 Å². The van der Waals surface area contributed by atoms with Gasteiger partial charge in [-0.15, -0.1) is 0 Å². The second-order valence-corrected chi connectivity index (χ2v) is 6.53. The van der Waals surface area contributed by atoms with Gasteiger partial charge in [0.2, 0.25) is 0 Å². The van der Waals surface area contributed by atoms with E-state index < -0.39 is 27.5 Å². The lowest BCUT2D eigenvalue weighted by Crippen LogP contribution is -2.17. The fraction of sp³-hybridized carbons (Fsp3) is 0.143. The summed E-state index contributed by atoms with van der Waals surface area (Å²) >= 11 is 5.76. The number of rotatable bonds is 4. The topological polar surface area (TPSA) is 55.4 Å². The maximum Gasteiger partial charge on any atom is 0.418 e. The van der Waals surface area contributed by atoms with E-state index in [1.54, 1.807) is 0 Å². The maximum absolute atomic E-state index is 13.0. The predicted molar refractivity (Wildman–Crippen MR) is 80.3 cm³/mol. The summed E-state index contributed by atoms with van der Waals surface area (Å²) < 4.78 is 70.5. The molecule has 0 bridgehead atoms. The molecule has 0 heterocycles. The highest BCUT2D eigenvalue weighted by molar-refractivity contribution is 7.92. The molecule has 0 fully saturated rings. The van der Waals surface area contributed by atoms with Crippen molar-refractivity contribution < 1.29 is 26.3 Å². The molecule has 2 aromatic carbocycles. The zero-order valence-electron chi connectivity index (χ0n) is 11.7. The fourth-order valence-corrected chi connectivity index (χ4v) is 3.39. The minimum atomic E-state index is -4.70. The molecule has 0 saturated carbocycles. The summed E-state index contributed by atoms with van der Waals surface area (Å²) in [4.78, 5) is -0.357. The molecule has 0 unspecified atom stereocenters. The zero-order chi connectivity index (χ0) is 17.3. The van der Waals surface area contributed by atoms with Gasteiger partial charge in [0.05, 0.1) is 18.4 Å². The van der Waals surface area contributed by atoms with Crippen LogP contribution in [0, 0.1) is 0 Å². The number of anilines is 1. The van der Waals surface area contributed by atoms with Gasteiger partial charge in [-0.05, 0) is 30.3 Å². The van der Waals surface area contributed by atoms with Gasteiger partial charge in [-0.1, -0.05) is 23.7 Å². The van der Waals surface area contributed by atoms with Crippen molar-refractivity contribution in [3.63, 3.8) is 0 Å². The summed E-state index contributed by atoms with van der Waals surface area (Å²) in [6.45, 7) is 0. The Morgan fingerprint density at radius 3 is 2.39 bits per heavy atom. The van der Waals surface area contributed by atoms with Crippen molar-refractivity contribution in [3.05, 3.63) is 53.1 Å². The Morgan fingerprint density at radius 1 is 1.13 bits per heavy atom. The first kappa shape index (κ1) is 17.4. The molecule has 1 N–H and O–H groups in total. The van der Waals surface area contributed by atoms with Gasteiger partial charge in [0, 0.05) is 5.02 Å². The first-order valence-corrected chi connectivity index (χ1v) is 8.04. The molecule has 2 rings (SSSR count). The highest BCUT2D eigenvalue weighted by atomic mass is 35.5. The van der Waals surface area contributed by atoms with Gasteiger partial charge in [0.1, 0.15) is 10.6 Å². The Balaban J connectivity index is 2.51. The van der Waals surface area contributed by atoms with Crippen LogP contribution in [-0.2, 0) is 16.2 Å². The van der Waals surface area contributed by atoms with Crippen LogP contribution >= 0.6 is 11.6 Å². The Morgan fingerprint density at radius 2 is 1.78 bits per heavy atom. The van der Waals surface area contributed by atoms with Crippen LogP contribution < -0.4 is 9.46 Å². The first-order valence-electron chi connectivity index (χ1n) is 6.18. The van der Waals surface area contributed by atoms with Gasteiger partial charge < -0.3 is 4.74 Å². The van der Waals surface area contributed by atoms with Crippen molar-refractivity contribution in [3.8, 4) is 5.75 Å². The van der Waals surface area contributed by atoms with Gasteiger partial charge in [0.25, 0.3) is 10.0 Å². The number of methoxy groups -OCH3 is 1. The lowest BCUT2D eigenvalue weighted by molar-refractivity contribution is -0.136. The average Bonchev–Trinajstić information content (AvgIpc) is 2.46. The molecule has 0 aliphatic carbocycles. The first-order chi connectivity index (χ1) is 10.6. The predicted octanol–water partition coefficient (Wildman–Crippen LogP) is 4.17. The largest absolute Gasteiger partial charge is 0.495 e. The molecule has 124 valence electrons. The van der Waals surface area contributed by atoms with Crippen LogP contribution in [0.15, 0.2) is 47.4 Å². The zero-order valence-corrected chi connectivity index (χ0v) is 13.3. The molecule has 0 aromatic heterocycles. The van der Waals surface area contributed by atoms with Gasteiger partial charge >= 0.3 is 6.18 Å². The van der Waals surface area contributed by atoms with Crippen LogP contribution in [0.1, 0.15) is 5.56 Å². The Hall–Kier alpha value is -1.93. The van der Waals surface area contributed by atoms with Crippen LogP contribution in [0.25, 0.3) is 0 Å². The van der Waals surface area contributed by atoms with E-state index in [2.05, 4.69) is 0 Å². The molecule has 0 aliphatic heterocycles. The lowest BCUT2D eigenvalue weighted by atomic mass is 10.2. The van der Waals surface area contributed by atoms with E-state index in [1.165, 1.54) is 31.4 Å². The SMILES string of the molecule is COc1ccc(Cl)cc1S(=O)(=O)Nc1ccccc1C(F)(F)F. The second kappa shape index (κ2) is 6.29. The van der Waals surface area contributed by atoms with Gasteiger partial charge in [0.15, 0.2) is 0 Å². The number of hydrogen-bond donors (Lipinski definition) is 1. The molecular formula is C14H11ClF3NO3S. The molecule has 0 atom stereocenters. The number of hydrogen-bond acceptors (Lipinski definition) is 3. The number of sulfonamides is 1. The molecule has 0 spiro atoms. The minimum absolute atomic E-state index is 0.0358. The summed E-state index contributed by atoms with van der Waals surface area (Å²) in [5.74, 6) is -0.0358. The Bertz CT molecular complexity index is 822. The normalized spacial score (nSPS) is 12.0. The number of nitrogens with one attached hydrogen (secondary N) is 1. The molecular weight excluding hydrogens is 355 g/mol. The maximum atomic E-state index is 13.0. The van der Waals surface area contributed by atoms with Gasteiger partial charge in [-0.3, -0.25) is 4.72 Å². The van der Waals surface area contributed by atoms with E-state index in [-0.39, 0.29) is 15.7 Å². The van der Waals surface area contributed by atoms with Crippen LogP contribution in [0.3, 0.4) is 0 Å². The summed E-state index contributed by atoms with van der Waals surface area (Å²) in [5.41, 5.74) is -1.67. The number of halogens is 4. The van der Waals surface area contributed by atoms with E-state index in [0.29, 0.717) is 0 Å². The average molecular weight is 366 g/mol. The van der Waals surface area contributed by atoms with Crippen LogP contribution in [-0.4, -0.2) is 15.5 Å². The highest BCUT2D eigenvalue weighted by Crippen LogP contribution is 2.36. The van der Waals surface area contributed by atoms with Gasteiger partial charge in [-0.2, -0.15) is 13.2 Å². The monoisotopic (exact) mass is 365 g/mol. The molecule has 4 nitrogen and oxygen atoms in total. The van der Waals surface area contributed by atoms with Crippen molar-refractivity contribution in [1.29, 1.82) is 0 Å². The van der Waals surface area contributed by atoms with Crippen LogP contribution in [0.5, 0.6) is 5.75 Å². The summed E-state index contributed by atoms with van der Waals surface area (Å²) in [5, 5.41) is 0.107. The molecule has 0 amide bonds. The third-order valence-electron chi connectivity index (χ3n) is 2.89. The van der Waals surface area contributed by atoms with E-state index in [0.717, 1.165) is 18.2 Å². The van der Waals surface area contributed by atoms with E-state index in [1.807, 2.05) is 4.72 Å². The lowest BCUT2D eigenvalue weighted by Gasteiger charge is -2.16. The molecule has 0 radical (unpaired) electrons. The standard InChI is InChI=1S/C14H11ClF3NO3S/c1-22-12-7-6-9(15)8-13(12)23(20,21)19-11-5-3-2-4-10(11)14(16,17)18/h2-8,19H,1H3. The fourth-order valence-electron chi connectivity index (χ4n) is 1.88. The molecule has 9 heteroatoms. The van der Waals surface area contributed by atoms with Gasteiger partial charge in [-0.25, -0.2) is 8.42 Å². The van der Waals surface area contributed by atoms with Crippen LogP contribution in [0.4, 0.5) is 18.9 Å².